The van der Waals surface area contributed by atoms with Gasteiger partial charge >= 0.3 is 5.97 Å². The van der Waals surface area contributed by atoms with Crippen LogP contribution in [-0.4, -0.2) is 24.4 Å². The monoisotopic (exact) mass is 380 g/mol. The predicted molar refractivity (Wildman–Crippen MR) is 74.6 cm³/mol. The highest BCUT2D eigenvalue weighted by atomic mass is 79.9. The normalized spacial score (nSPS) is 10.8. The molecular formula is C12H11Br2FO3. The number of carbonyl (C=O) groups is 1. The fraction of sp³-hybridized carbons (Fsp3) is 0.250. The first-order valence-electron chi connectivity index (χ1n) is 5.13. The molecule has 0 unspecified atom stereocenters. The first-order chi connectivity index (χ1) is 8.54. The van der Waals surface area contributed by atoms with Crippen molar-refractivity contribution in [2.24, 2.45) is 0 Å². The van der Waals surface area contributed by atoms with Crippen molar-refractivity contribution in [1.82, 2.24) is 0 Å². The van der Waals surface area contributed by atoms with E-state index in [4.69, 9.17) is 9.84 Å². The van der Waals surface area contributed by atoms with E-state index >= 15 is 0 Å². The van der Waals surface area contributed by atoms with Gasteiger partial charge < -0.3 is 9.84 Å². The van der Waals surface area contributed by atoms with Crippen molar-refractivity contribution >= 4 is 43.9 Å². The van der Waals surface area contributed by atoms with Crippen LogP contribution >= 0.6 is 31.9 Å². The number of alkyl halides is 1. The molecule has 0 aliphatic heterocycles. The highest BCUT2D eigenvalue weighted by molar-refractivity contribution is 9.11. The summed E-state index contributed by atoms with van der Waals surface area (Å²) in [5.74, 6) is -0.429. The number of hydrogen-bond donors (Lipinski definition) is 1. The van der Waals surface area contributed by atoms with Gasteiger partial charge in [-0.1, -0.05) is 0 Å². The summed E-state index contributed by atoms with van der Waals surface area (Å²) in [6, 6.07) is 3.46. The Labute approximate surface area is 121 Å². The highest BCUT2D eigenvalue weighted by Crippen LogP contribution is 2.35. The molecule has 0 radical (unpaired) electrons. The molecule has 0 aromatic heterocycles. The minimum atomic E-state index is -1.01. The van der Waals surface area contributed by atoms with Crippen molar-refractivity contribution in [1.29, 1.82) is 0 Å². The van der Waals surface area contributed by atoms with Crippen molar-refractivity contribution in [2.75, 3.05) is 13.3 Å². The minimum absolute atomic E-state index is 0.290. The summed E-state index contributed by atoms with van der Waals surface area (Å²) in [4.78, 5) is 10.4. The van der Waals surface area contributed by atoms with Crippen molar-refractivity contribution < 1.29 is 19.0 Å². The predicted octanol–water partition coefficient (Wildman–Crippen LogP) is 4.05. The van der Waals surface area contributed by atoms with Gasteiger partial charge in [-0.05, 0) is 55.6 Å². The van der Waals surface area contributed by atoms with E-state index in [2.05, 4.69) is 31.9 Å². The van der Waals surface area contributed by atoms with Crippen LogP contribution in [0.2, 0.25) is 0 Å². The Morgan fingerprint density at radius 1 is 1.39 bits per heavy atom. The van der Waals surface area contributed by atoms with Gasteiger partial charge in [0, 0.05) is 12.5 Å². The van der Waals surface area contributed by atoms with Crippen LogP contribution in [0.25, 0.3) is 6.08 Å². The third-order valence-electron chi connectivity index (χ3n) is 1.96. The van der Waals surface area contributed by atoms with Gasteiger partial charge in [0.05, 0.1) is 22.2 Å². The zero-order valence-electron chi connectivity index (χ0n) is 9.33. The van der Waals surface area contributed by atoms with Gasteiger partial charge in [0.25, 0.3) is 0 Å². The van der Waals surface area contributed by atoms with Gasteiger partial charge in [0.1, 0.15) is 5.75 Å². The third-order valence-corrected chi connectivity index (χ3v) is 3.14. The van der Waals surface area contributed by atoms with Crippen LogP contribution in [0.4, 0.5) is 4.39 Å². The van der Waals surface area contributed by atoms with Gasteiger partial charge in [-0.25, -0.2) is 4.79 Å². The van der Waals surface area contributed by atoms with Crippen LogP contribution in [0, 0.1) is 0 Å². The van der Waals surface area contributed by atoms with Crippen LogP contribution in [0.15, 0.2) is 27.2 Å². The quantitative estimate of drug-likeness (QED) is 0.597. The first kappa shape index (κ1) is 15.2. The highest BCUT2D eigenvalue weighted by Gasteiger charge is 2.08. The number of hydrogen-bond acceptors (Lipinski definition) is 2. The zero-order chi connectivity index (χ0) is 13.5. The Morgan fingerprint density at radius 2 is 2.00 bits per heavy atom. The van der Waals surface area contributed by atoms with E-state index in [-0.39, 0.29) is 6.61 Å². The standard InChI is InChI=1S/C12H11Br2FO3/c13-9-6-8(2-3-11(16)17)7-10(14)12(9)18-5-1-4-15/h2-3,6-7H,1,4-5H2,(H,16,17)/b3-2+. The Bertz CT molecular complexity index is 438. The van der Waals surface area contributed by atoms with Crippen molar-refractivity contribution in [2.45, 2.75) is 6.42 Å². The minimum Gasteiger partial charge on any atom is -0.491 e. The number of ether oxygens (including phenoxy) is 1. The molecule has 0 saturated heterocycles. The molecule has 0 spiro atoms. The van der Waals surface area contributed by atoms with Gasteiger partial charge in [-0.2, -0.15) is 0 Å². The SMILES string of the molecule is O=C(O)/C=C/c1cc(Br)c(OCCCF)c(Br)c1. The Morgan fingerprint density at radius 3 is 2.50 bits per heavy atom. The lowest BCUT2D eigenvalue weighted by Crippen LogP contribution is -1.99. The Kier molecular flexibility index (Phi) is 6.35. The molecule has 0 aliphatic carbocycles. The maximum Gasteiger partial charge on any atom is 0.328 e. The smallest absolute Gasteiger partial charge is 0.328 e. The molecule has 1 aromatic rings. The van der Waals surface area contributed by atoms with E-state index < -0.39 is 12.6 Å². The molecule has 0 heterocycles. The summed E-state index contributed by atoms with van der Waals surface area (Å²) < 4.78 is 18.7. The van der Waals surface area contributed by atoms with E-state index in [0.29, 0.717) is 26.7 Å². The van der Waals surface area contributed by atoms with E-state index in [1.54, 1.807) is 12.1 Å². The average Bonchev–Trinajstić information content (AvgIpc) is 2.30. The van der Waals surface area contributed by atoms with Crippen LogP contribution in [0.1, 0.15) is 12.0 Å². The van der Waals surface area contributed by atoms with Crippen LogP contribution < -0.4 is 4.74 Å². The summed E-state index contributed by atoms with van der Waals surface area (Å²) in [5.41, 5.74) is 0.717. The number of aliphatic carboxylic acids is 1. The second-order valence-corrected chi connectivity index (χ2v) is 5.08. The van der Waals surface area contributed by atoms with Crippen LogP contribution in [-0.2, 0) is 4.79 Å². The lowest BCUT2D eigenvalue weighted by Gasteiger charge is -2.10. The van der Waals surface area contributed by atoms with Gasteiger partial charge in [-0.15, -0.1) is 0 Å². The summed E-state index contributed by atoms with van der Waals surface area (Å²) in [7, 11) is 0. The molecule has 0 fully saturated rings. The lowest BCUT2D eigenvalue weighted by molar-refractivity contribution is -0.131. The molecule has 0 bridgehead atoms. The molecule has 0 aliphatic rings. The molecule has 18 heavy (non-hydrogen) atoms. The zero-order valence-corrected chi connectivity index (χ0v) is 12.5. The van der Waals surface area contributed by atoms with Crippen molar-refractivity contribution in [3.63, 3.8) is 0 Å². The first-order valence-corrected chi connectivity index (χ1v) is 6.72. The van der Waals surface area contributed by atoms with Gasteiger partial charge in [-0.3, -0.25) is 4.39 Å². The molecule has 0 amide bonds. The summed E-state index contributed by atoms with van der Waals surface area (Å²) in [5, 5.41) is 8.54. The molecule has 0 atom stereocenters. The van der Waals surface area contributed by atoms with Crippen molar-refractivity contribution in [3.8, 4) is 5.75 Å². The fourth-order valence-electron chi connectivity index (χ4n) is 1.21. The van der Waals surface area contributed by atoms with E-state index in [0.717, 1.165) is 6.08 Å². The molecule has 3 nitrogen and oxygen atoms in total. The molecule has 1 rings (SSSR count). The summed E-state index contributed by atoms with van der Waals surface area (Å²) in [6.07, 6.45) is 2.86. The lowest BCUT2D eigenvalue weighted by atomic mass is 10.2. The van der Waals surface area contributed by atoms with Gasteiger partial charge in [0.15, 0.2) is 0 Å². The molecule has 1 aromatic carbocycles. The number of benzene rings is 1. The van der Waals surface area contributed by atoms with Crippen molar-refractivity contribution in [3.05, 3.63) is 32.7 Å². The summed E-state index contributed by atoms with van der Waals surface area (Å²) in [6.45, 7) is -0.132. The molecule has 98 valence electrons. The maximum absolute atomic E-state index is 12.0. The number of carboxylic acid groups (broad SMARTS) is 1. The van der Waals surface area contributed by atoms with E-state index in [9.17, 15) is 9.18 Å². The van der Waals surface area contributed by atoms with Crippen LogP contribution in [0.5, 0.6) is 5.75 Å². The van der Waals surface area contributed by atoms with Gasteiger partial charge in [0.2, 0.25) is 0 Å². The Balaban J connectivity index is 2.87. The van der Waals surface area contributed by atoms with E-state index in [1.807, 2.05) is 0 Å². The molecule has 6 heteroatoms. The third kappa shape index (κ3) is 4.78. The average molecular weight is 382 g/mol. The maximum atomic E-state index is 12.0. The number of carboxylic acids is 1. The largest absolute Gasteiger partial charge is 0.491 e. The molecule has 0 saturated carbocycles. The molecule has 1 N–H and O–H groups in total. The number of halogens is 3. The molecular weight excluding hydrogens is 371 g/mol. The second kappa shape index (κ2) is 7.53. The number of rotatable bonds is 6. The second-order valence-electron chi connectivity index (χ2n) is 3.38. The Hall–Kier alpha value is -0.880. The topological polar surface area (TPSA) is 46.5 Å². The van der Waals surface area contributed by atoms with Crippen LogP contribution in [0.3, 0.4) is 0 Å². The van der Waals surface area contributed by atoms with E-state index in [1.165, 1.54) is 6.08 Å². The fourth-order valence-corrected chi connectivity index (χ4v) is 2.66. The summed E-state index contributed by atoms with van der Waals surface area (Å²) >= 11 is 6.65.